The van der Waals surface area contributed by atoms with E-state index in [1.54, 1.807) is 25.1 Å². The van der Waals surface area contributed by atoms with Crippen molar-refractivity contribution in [2.24, 2.45) is 0 Å². The SMILES string of the molecule is CC[C@H](NC(=O)c1ccc([C@H]2SCC(=O)N2Cc2ccco2)cc1)c1ccc(OC)cc1. The first-order valence-electron chi connectivity index (χ1n) is 10.6. The normalized spacial score (nSPS) is 16.8. The van der Waals surface area contributed by atoms with E-state index in [0.717, 1.165) is 29.1 Å². The summed E-state index contributed by atoms with van der Waals surface area (Å²) in [6, 6.07) is 18.8. The van der Waals surface area contributed by atoms with Crippen LogP contribution in [0.3, 0.4) is 0 Å². The van der Waals surface area contributed by atoms with Crippen LogP contribution in [0.5, 0.6) is 5.75 Å². The van der Waals surface area contributed by atoms with Crippen molar-refractivity contribution in [3.63, 3.8) is 0 Å². The van der Waals surface area contributed by atoms with Crippen molar-refractivity contribution in [2.75, 3.05) is 12.9 Å². The molecule has 1 fully saturated rings. The van der Waals surface area contributed by atoms with Gasteiger partial charge in [-0.1, -0.05) is 31.2 Å². The van der Waals surface area contributed by atoms with Crippen molar-refractivity contribution in [3.8, 4) is 5.75 Å². The van der Waals surface area contributed by atoms with Gasteiger partial charge >= 0.3 is 0 Å². The topological polar surface area (TPSA) is 71.8 Å². The number of thioether (sulfide) groups is 1. The molecule has 2 atom stereocenters. The molecule has 0 unspecified atom stereocenters. The summed E-state index contributed by atoms with van der Waals surface area (Å²) >= 11 is 1.59. The molecular weight excluding hydrogens is 424 g/mol. The Hall–Kier alpha value is -3.19. The van der Waals surface area contributed by atoms with Crippen molar-refractivity contribution in [1.82, 2.24) is 10.2 Å². The Bertz CT molecular complexity index is 1050. The predicted molar refractivity (Wildman–Crippen MR) is 124 cm³/mol. The summed E-state index contributed by atoms with van der Waals surface area (Å²) in [6.07, 6.45) is 2.39. The summed E-state index contributed by atoms with van der Waals surface area (Å²) in [4.78, 5) is 27.0. The van der Waals surface area contributed by atoms with Crippen LogP contribution in [-0.2, 0) is 11.3 Å². The van der Waals surface area contributed by atoms with Crippen molar-refractivity contribution in [2.45, 2.75) is 31.3 Å². The quantitative estimate of drug-likeness (QED) is 0.526. The number of benzene rings is 2. The zero-order valence-corrected chi connectivity index (χ0v) is 18.9. The lowest BCUT2D eigenvalue weighted by atomic mass is 10.0. The minimum absolute atomic E-state index is 0.0834. The van der Waals surface area contributed by atoms with Crippen LogP contribution < -0.4 is 10.1 Å². The average molecular weight is 451 g/mol. The summed E-state index contributed by atoms with van der Waals surface area (Å²) < 4.78 is 10.6. The number of ether oxygens (including phenoxy) is 1. The zero-order valence-electron chi connectivity index (χ0n) is 18.1. The molecule has 2 amide bonds. The van der Waals surface area contributed by atoms with Gasteiger partial charge in [-0.25, -0.2) is 0 Å². The molecule has 166 valence electrons. The van der Waals surface area contributed by atoms with E-state index in [1.165, 1.54) is 0 Å². The van der Waals surface area contributed by atoms with Crippen LogP contribution in [0.2, 0.25) is 0 Å². The third-order valence-electron chi connectivity index (χ3n) is 5.56. The summed E-state index contributed by atoms with van der Waals surface area (Å²) in [7, 11) is 1.63. The Morgan fingerprint density at radius 1 is 1.19 bits per heavy atom. The van der Waals surface area contributed by atoms with Crippen LogP contribution in [0.1, 0.15) is 52.0 Å². The molecule has 2 aromatic carbocycles. The number of nitrogens with zero attached hydrogens (tertiary/aromatic N) is 1. The van der Waals surface area contributed by atoms with Gasteiger partial charge in [-0.15, -0.1) is 11.8 Å². The van der Waals surface area contributed by atoms with E-state index in [-0.39, 0.29) is 23.2 Å². The maximum absolute atomic E-state index is 12.9. The molecule has 1 saturated heterocycles. The number of carbonyl (C=O) groups excluding carboxylic acids is 2. The summed E-state index contributed by atoms with van der Waals surface area (Å²) in [5, 5.41) is 3.02. The van der Waals surface area contributed by atoms with Gasteiger partial charge in [0.1, 0.15) is 16.9 Å². The highest BCUT2D eigenvalue weighted by atomic mass is 32.2. The van der Waals surface area contributed by atoms with Crippen LogP contribution >= 0.6 is 11.8 Å². The zero-order chi connectivity index (χ0) is 22.5. The molecule has 7 heteroatoms. The number of furan rings is 1. The Morgan fingerprint density at radius 3 is 2.56 bits per heavy atom. The maximum Gasteiger partial charge on any atom is 0.251 e. The molecule has 1 N–H and O–H groups in total. The van der Waals surface area contributed by atoms with Crippen LogP contribution in [0.4, 0.5) is 0 Å². The lowest BCUT2D eigenvalue weighted by molar-refractivity contribution is -0.128. The number of rotatable bonds is 8. The van der Waals surface area contributed by atoms with Crippen LogP contribution in [0.15, 0.2) is 71.3 Å². The van der Waals surface area contributed by atoms with Gasteiger partial charge in [0.25, 0.3) is 5.91 Å². The largest absolute Gasteiger partial charge is 0.497 e. The molecule has 0 spiro atoms. The Balaban J connectivity index is 1.44. The fraction of sp³-hybridized carbons (Fsp3) is 0.280. The Labute approximate surface area is 191 Å². The third kappa shape index (κ3) is 4.83. The minimum atomic E-state index is -0.123. The molecule has 32 heavy (non-hydrogen) atoms. The number of hydrogen-bond donors (Lipinski definition) is 1. The molecule has 2 heterocycles. The number of carbonyl (C=O) groups is 2. The van der Waals surface area contributed by atoms with E-state index in [0.29, 0.717) is 17.9 Å². The first-order chi connectivity index (χ1) is 15.6. The van der Waals surface area contributed by atoms with Gasteiger partial charge in [0.2, 0.25) is 5.91 Å². The molecule has 0 aliphatic carbocycles. The van der Waals surface area contributed by atoms with Gasteiger partial charge < -0.3 is 19.4 Å². The molecule has 0 saturated carbocycles. The first-order valence-corrected chi connectivity index (χ1v) is 11.6. The number of amides is 2. The second kappa shape index (κ2) is 9.96. The summed E-state index contributed by atoms with van der Waals surface area (Å²) in [6.45, 7) is 2.48. The third-order valence-corrected chi connectivity index (χ3v) is 6.82. The summed E-state index contributed by atoms with van der Waals surface area (Å²) in [5.74, 6) is 1.94. The molecule has 1 aromatic heterocycles. The molecule has 1 aliphatic heterocycles. The highest BCUT2D eigenvalue weighted by molar-refractivity contribution is 8.00. The molecule has 1 aliphatic rings. The first kappa shape index (κ1) is 22.0. The second-order valence-corrected chi connectivity index (χ2v) is 8.66. The van der Waals surface area contributed by atoms with Crippen molar-refractivity contribution in [1.29, 1.82) is 0 Å². The number of methoxy groups -OCH3 is 1. The molecule has 0 bridgehead atoms. The average Bonchev–Trinajstić information content (AvgIpc) is 3.48. The van der Waals surface area contributed by atoms with E-state index in [4.69, 9.17) is 9.15 Å². The van der Waals surface area contributed by atoms with Gasteiger partial charge in [-0.05, 0) is 53.9 Å². The number of nitrogens with one attached hydrogen (secondary N) is 1. The molecular formula is C25H26N2O4S. The monoisotopic (exact) mass is 450 g/mol. The Kier molecular flexibility index (Phi) is 6.85. The van der Waals surface area contributed by atoms with Crippen LogP contribution in [0, 0.1) is 0 Å². The lowest BCUT2D eigenvalue weighted by Gasteiger charge is -2.23. The molecule has 0 radical (unpaired) electrons. The predicted octanol–water partition coefficient (Wildman–Crippen LogP) is 4.94. The van der Waals surface area contributed by atoms with Gasteiger partial charge in [0.15, 0.2) is 0 Å². The van der Waals surface area contributed by atoms with Gasteiger partial charge in [-0.3, -0.25) is 9.59 Å². The highest BCUT2D eigenvalue weighted by Crippen LogP contribution is 2.39. The fourth-order valence-corrected chi connectivity index (χ4v) is 4.96. The smallest absolute Gasteiger partial charge is 0.251 e. The maximum atomic E-state index is 12.9. The van der Waals surface area contributed by atoms with Gasteiger partial charge in [0, 0.05) is 5.56 Å². The number of hydrogen-bond acceptors (Lipinski definition) is 5. The van der Waals surface area contributed by atoms with Crippen molar-refractivity contribution in [3.05, 3.63) is 89.4 Å². The van der Waals surface area contributed by atoms with Crippen LogP contribution in [0.25, 0.3) is 0 Å². The van der Waals surface area contributed by atoms with Crippen LogP contribution in [-0.4, -0.2) is 29.6 Å². The van der Waals surface area contributed by atoms with E-state index in [2.05, 4.69) is 5.32 Å². The highest BCUT2D eigenvalue weighted by Gasteiger charge is 2.33. The van der Waals surface area contributed by atoms with E-state index in [9.17, 15) is 9.59 Å². The lowest BCUT2D eigenvalue weighted by Crippen LogP contribution is -2.28. The Morgan fingerprint density at radius 2 is 1.94 bits per heavy atom. The van der Waals surface area contributed by atoms with Gasteiger partial charge in [0.05, 0.1) is 31.7 Å². The van der Waals surface area contributed by atoms with Crippen molar-refractivity contribution >= 4 is 23.6 Å². The molecule has 6 nitrogen and oxygen atoms in total. The minimum Gasteiger partial charge on any atom is -0.497 e. The van der Waals surface area contributed by atoms with E-state index >= 15 is 0 Å². The van der Waals surface area contributed by atoms with Gasteiger partial charge in [-0.2, -0.15) is 0 Å². The van der Waals surface area contributed by atoms with Crippen molar-refractivity contribution < 1.29 is 18.7 Å². The second-order valence-electron chi connectivity index (χ2n) is 7.59. The van der Waals surface area contributed by atoms with E-state index in [1.807, 2.05) is 72.5 Å². The van der Waals surface area contributed by atoms with E-state index < -0.39 is 0 Å². The standard InChI is InChI=1S/C25H26N2O4S/c1-3-22(17-10-12-20(30-2)13-11-17)26-24(29)18-6-8-19(9-7-18)25-27(23(28)16-32-25)15-21-5-4-14-31-21/h4-14,22,25H,3,15-16H2,1-2H3,(H,26,29)/t22-,25+/m0/s1. The molecule has 4 rings (SSSR count). The molecule has 3 aromatic rings. The summed E-state index contributed by atoms with van der Waals surface area (Å²) in [5.41, 5.74) is 2.62. The fourth-order valence-electron chi connectivity index (χ4n) is 3.77.